The van der Waals surface area contributed by atoms with E-state index < -0.39 is 135 Å². The van der Waals surface area contributed by atoms with Gasteiger partial charge in [-0.05, 0) is 25.8 Å². The van der Waals surface area contributed by atoms with Crippen molar-refractivity contribution in [3.05, 3.63) is 0 Å². The molecule has 1 saturated carbocycles. The maximum Gasteiger partial charge on any atom is 0.249 e. The highest BCUT2D eigenvalue weighted by atomic mass is 16.8. The molecule has 18 N–H and O–H groups in total. The first-order valence-electron chi connectivity index (χ1n) is 15.9. The van der Waals surface area contributed by atoms with Crippen LogP contribution in [0, 0.1) is 0 Å². The summed E-state index contributed by atoms with van der Waals surface area (Å²) >= 11 is 0. The van der Waals surface area contributed by atoms with Gasteiger partial charge in [-0.3, -0.25) is 4.79 Å². The number of nitrogens with one attached hydrogen (secondary N) is 1. The van der Waals surface area contributed by atoms with Crippen LogP contribution in [-0.4, -0.2) is 195 Å². The summed E-state index contributed by atoms with van der Waals surface area (Å²) in [5.74, 6) is -0.847. The zero-order chi connectivity index (χ0) is 35.4. The fourth-order valence-corrected chi connectivity index (χ4v) is 6.28. The average Bonchev–Trinajstić information content (AvgIpc) is 3.35. The molecule has 48 heavy (non-hydrogen) atoms. The van der Waals surface area contributed by atoms with Gasteiger partial charge in [0, 0.05) is 12.6 Å². The third-order valence-electron chi connectivity index (χ3n) is 9.12. The SMILES string of the molecule is NCCC(O)C(=O)NC1CC(N)C(OC2OC(CO)C(O)CC2N)C(OC2OC(CO)C(O)C2OC2OC(CN)C(O)C(O)C2O)C1O. The Balaban J connectivity index is 1.61. The molecule has 19 atom stereocenters. The average molecular weight is 702 g/mol. The monoisotopic (exact) mass is 701 g/mol. The second-order valence-electron chi connectivity index (χ2n) is 12.6. The van der Waals surface area contributed by atoms with Crippen LogP contribution in [0.3, 0.4) is 0 Å². The van der Waals surface area contributed by atoms with Gasteiger partial charge in [-0.25, -0.2) is 0 Å². The van der Waals surface area contributed by atoms with E-state index >= 15 is 0 Å². The predicted molar refractivity (Wildman–Crippen MR) is 157 cm³/mol. The number of rotatable bonds is 13. The first-order chi connectivity index (χ1) is 22.8. The van der Waals surface area contributed by atoms with Crippen molar-refractivity contribution < 1.29 is 79.2 Å². The summed E-state index contributed by atoms with van der Waals surface area (Å²) < 4.78 is 34.9. The molecule has 21 nitrogen and oxygen atoms in total. The number of hydrogen-bond donors (Lipinski definition) is 14. The van der Waals surface area contributed by atoms with Crippen LogP contribution < -0.4 is 28.3 Å². The van der Waals surface area contributed by atoms with Gasteiger partial charge in [0.05, 0.1) is 31.4 Å². The van der Waals surface area contributed by atoms with Gasteiger partial charge >= 0.3 is 0 Å². The Kier molecular flexibility index (Phi) is 14.2. The normalized spacial score (nSPS) is 47.5. The van der Waals surface area contributed by atoms with Crippen LogP contribution in [0.2, 0.25) is 0 Å². The summed E-state index contributed by atoms with van der Waals surface area (Å²) in [5.41, 5.74) is 23.7. The van der Waals surface area contributed by atoms with E-state index in [0.717, 1.165) is 0 Å². The molecular formula is C27H51N5O16. The number of nitrogens with two attached hydrogens (primary N) is 4. The molecule has 3 aliphatic heterocycles. The molecule has 280 valence electrons. The largest absolute Gasteiger partial charge is 0.394 e. The van der Waals surface area contributed by atoms with Gasteiger partial charge in [0.15, 0.2) is 18.9 Å². The van der Waals surface area contributed by atoms with Crippen molar-refractivity contribution in [2.45, 2.75) is 136 Å². The second-order valence-corrected chi connectivity index (χ2v) is 12.6. The van der Waals surface area contributed by atoms with Crippen molar-refractivity contribution in [3.8, 4) is 0 Å². The Morgan fingerprint density at radius 2 is 1.31 bits per heavy atom. The Hall–Kier alpha value is -1.29. The molecule has 4 aliphatic rings. The summed E-state index contributed by atoms with van der Waals surface area (Å²) in [6.07, 6.45) is -23.8. The van der Waals surface area contributed by atoms with Crippen LogP contribution in [0.1, 0.15) is 19.3 Å². The van der Waals surface area contributed by atoms with Crippen LogP contribution in [-0.2, 0) is 33.2 Å². The van der Waals surface area contributed by atoms with E-state index in [2.05, 4.69) is 5.32 Å². The topological polar surface area (TPSA) is 371 Å². The first-order valence-corrected chi connectivity index (χ1v) is 15.9. The molecule has 0 aromatic rings. The molecule has 3 saturated heterocycles. The van der Waals surface area contributed by atoms with Crippen LogP contribution in [0.25, 0.3) is 0 Å². The Morgan fingerprint density at radius 1 is 0.708 bits per heavy atom. The zero-order valence-electron chi connectivity index (χ0n) is 26.1. The van der Waals surface area contributed by atoms with Crippen molar-refractivity contribution in [3.63, 3.8) is 0 Å². The Bertz CT molecular complexity index is 1020. The highest BCUT2D eigenvalue weighted by molar-refractivity contribution is 5.80. The number of ether oxygens (including phenoxy) is 6. The summed E-state index contributed by atoms with van der Waals surface area (Å²) in [5, 5.41) is 96.0. The highest BCUT2D eigenvalue weighted by Gasteiger charge is 2.55. The molecule has 21 heteroatoms. The van der Waals surface area contributed by atoms with Gasteiger partial charge in [0.2, 0.25) is 5.91 Å². The number of carbonyl (C=O) groups excluding carboxylic acids is 1. The molecule has 0 radical (unpaired) electrons. The van der Waals surface area contributed by atoms with E-state index in [1.54, 1.807) is 0 Å². The molecular weight excluding hydrogens is 650 g/mol. The third kappa shape index (κ3) is 8.59. The number of amides is 1. The number of aliphatic hydroxyl groups is 9. The fourth-order valence-electron chi connectivity index (χ4n) is 6.28. The number of hydrogen-bond acceptors (Lipinski definition) is 20. The lowest BCUT2D eigenvalue weighted by Gasteiger charge is -2.47. The summed E-state index contributed by atoms with van der Waals surface area (Å²) in [6.45, 7) is -1.56. The molecule has 0 aromatic carbocycles. The van der Waals surface area contributed by atoms with Gasteiger partial charge in [-0.1, -0.05) is 0 Å². The maximum atomic E-state index is 12.7. The van der Waals surface area contributed by atoms with E-state index in [9.17, 15) is 50.8 Å². The van der Waals surface area contributed by atoms with Gasteiger partial charge < -0.3 is 103 Å². The van der Waals surface area contributed by atoms with Crippen molar-refractivity contribution >= 4 is 5.91 Å². The van der Waals surface area contributed by atoms with Crippen LogP contribution in [0.5, 0.6) is 0 Å². The van der Waals surface area contributed by atoms with E-state index in [4.69, 9.17) is 51.4 Å². The quantitative estimate of drug-likeness (QED) is 0.0847. The minimum atomic E-state index is -1.83. The van der Waals surface area contributed by atoms with E-state index in [-0.39, 0.29) is 32.4 Å². The van der Waals surface area contributed by atoms with Crippen LogP contribution in [0.15, 0.2) is 0 Å². The molecule has 3 heterocycles. The minimum absolute atomic E-state index is 0.00429. The molecule has 4 rings (SSSR count). The predicted octanol–water partition coefficient (Wildman–Crippen LogP) is -8.93. The van der Waals surface area contributed by atoms with Crippen molar-refractivity contribution in [1.29, 1.82) is 0 Å². The smallest absolute Gasteiger partial charge is 0.249 e. The molecule has 4 fully saturated rings. The molecule has 0 aromatic heterocycles. The van der Waals surface area contributed by atoms with Crippen LogP contribution >= 0.6 is 0 Å². The highest BCUT2D eigenvalue weighted by Crippen LogP contribution is 2.35. The number of aliphatic hydroxyl groups excluding tert-OH is 9. The first kappa shape index (κ1) is 39.5. The Labute approximate surface area is 275 Å². The lowest BCUT2D eigenvalue weighted by atomic mass is 9.83. The second kappa shape index (κ2) is 17.3. The molecule has 0 bridgehead atoms. The lowest BCUT2D eigenvalue weighted by Crippen LogP contribution is -2.67. The third-order valence-corrected chi connectivity index (χ3v) is 9.12. The van der Waals surface area contributed by atoms with Crippen LogP contribution in [0.4, 0.5) is 0 Å². The number of carbonyl (C=O) groups is 1. The summed E-state index contributed by atoms with van der Waals surface area (Å²) in [4.78, 5) is 12.7. The van der Waals surface area contributed by atoms with Gasteiger partial charge in [-0.15, -0.1) is 0 Å². The van der Waals surface area contributed by atoms with Crippen molar-refractivity contribution in [1.82, 2.24) is 5.32 Å². The molecule has 0 spiro atoms. The Morgan fingerprint density at radius 3 is 1.94 bits per heavy atom. The molecule has 1 aliphatic carbocycles. The molecule has 19 unspecified atom stereocenters. The zero-order valence-corrected chi connectivity index (χ0v) is 26.1. The lowest BCUT2D eigenvalue weighted by molar-refractivity contribution is -0.333. The van der Waals surface area contributed by atoms with E-state index in [0.29, 0.717) is 0 Å². The molecule has 1 amide bonds. The van der Waals surface area contributed by atoms with Crippen molar-refractivity contribution in [2.75, 3.05) is 26.3 Å². The van der Waals surface area contributed by atoms with E-state index in [1.807, 2.05) is 0 Å². The fraction of sp³-hybridized carbons (Fsp3) is 0.963. The van der Waals surface area contributed by atoms with Gasteiger partial charge in [0.1, 0.15) is 73.2 Å². The summed E-state index contributed by atoms with van der Waals surface area (Å²) in [7, 11) is 0. The van der Waals surface area contributed by atoms with Gasteiger partial charge in [0.25, 0.3) is 0 Å². The standard InChI is InChI=1S/C27H51N5O16/c28-2-1-11(35)24(42)32-10-3-8(30)21(46-25-9(31)4-12(36)14(6-33)44-25)22(16(10)37)47-27-23(18(39)15(7-34)45-27)48-26-20(41)19(40)17(38)13(5-29)43-26/h8-23,25-27,33-41H,1-7,28-31H2,(H,32,42). The minimum Gasteiger partial charge on any atom is -0.394 e. The summed E-state index contributed by atoms with van der Waals surface area (Å²) in [6, 6.07) is -3.09. The van der Waals surface area contributed by atoms with Gasteiger partial charge in [-0.2, -0.15) is 0 Å². The maximum absolute atomic E-state index is 12.7. The van der Waals surface area contributed by atoms with Crippen molar-refractivity contribution in [2.24, 2.45) is 22.9 Å². The van der Waals surface area contributed by atoms with E-state index in [1.165, 1.54) is 0 Å².